The van der Waals surface area contributed by atoms with Crippen molar-refractivity contribution in [2.75, 3.05) is 11.5 Å². The summed E-state index contributed by atoms with van der Waals surface area (Å²) in [6.45, 7) is 5.01. The maximum Gasteiger partial charge on any atom is 0.229 e. The van der Waals surface area contributed by atoms with Crippen molar-refractivity contribution < 1.29 is 9.53 Å². The largest absolute Gasteiger partial charge is 0.494 e. The third kappa shape index (κ3) is 4.14. The van der Waals surface area contributed by atoms with Gasteiger partial charge in [0.2, 0.25) is 5.91 Å². The van der Waals surface area contributed by atoms with E-state index in [2.05, 4.69) is 9.97 Å². The van der Waals surface area contributed by atoms with Gasteiger partial charge in [0.15, 0.2) is 5.13 Å². The highest BCUT2D eigenvalue weighted by Gasteiger charge is 2.20. The Morgan fingerprint density at radius 1 is 1.24 bits per heavy atom. The van der Waals surface area contributed by atoms with Crippen LogP contribution in [0.25, 0.3) is 10.2 Å². The van der Waals surface area contributed by atoms with Gasteiger partial charge in [0, 0.05) is 12.6 Å². The van der Waals surface area contributed by atoms with E-state index in [1.807, 2.05) is 50.2 Å². The van der Waals surface area contributed by atoms with Crippen molar-refractivity contribution in [1.82, 2.24) is 9.97 Å². The van der Waals surface area contributed by atoms with E-state index in [0.29, 0.717) is 24.7 Å². The number of pyridine rings is 1. The normalized spacial score (nSPS) is 10.8. The highest BCUT2D eigenvalue weighted by molar-refractivity contribution is 7.22. The SMILES string of the molecule is CCCC(=O)N(Cc1ccccn1)c1nc2ccc(OCC)cc2s1. The number of carbonyl (C=O) groups is 1. The molecule has 1 amide bonds. The lowest BCUT2D eigenvalue weighted by Crippen LogP contribution is -2.30. The fourth-order valence-electron chi connectivity index (χ4n) is 2.53. The Bertz CT molecular complexity index is 848. The number of ether oxygens (including phenoxy) is 1. The molecule has 0 saturated carbocycles. The number of thiazole rings is 1. The summed E-state index contributed by atoms with van der Waals surface area (Å²) in [4.78, 5) is 23.4. The van der Waals surface area contributed by atoms with Gasteiger partial charge in [-0.15, -0.1) is 0 Å². The molecule has 0 aliphatic carbocycles. The van der Waals surface area contributed by atoms with Crippen molar-refractivity contribution in [1.29, 1.82) is 0 Å². The zero-order valence-corrected chi connectivity index (χ0v) is 15.3. The second-order valence-electron chi connectivity index (χ2n) is 5.61. The molecule has 6 heteroatoms. The van der Waals surface area contributed by atoms with Gasteiger partial charge in [-0.3, -0.25) is 14.7 Å². The zero-order chi connectivity index (χ0) is 17.6. The van der Waals surface area contributed by atoms with Crippen LogP contribution < -0.4 is 9.64 Å². The third-order valence-electron chi connectivity index (χ3n) is 3.70. The molecule has 0 aliphatic heterocycles. The standard InChI is InChI=1S/C19H21N3O2S/c1-3-7-18(23)22(13-14-8-5-6-11-20-14)19-21-16-10-9-15(24-4-2)12-17(16)25-19/h5-6,8-12H,3-4,7,13H2,1-2H3. The monoisotopic (exact) mass is 355 g/mol. The van der Waals surface area contributed by atoms with Crippen molar-refractivity contribution in [3.8, 4) is 5.75 Å². The first-order valence-corrected chi connectivity index (χ1v) is 9.26. The molecule has 0 spiro atoms. The molecule has 0 atom stereocenters. The smallest absolute Gasteiger partial charge is 0.229 e. The molecule has 0 radical (unpaired) electrons. The van der Waals surface area contributed by atoms with Crippen LogP contribution in [-0.4, -0.2) is 22.5 Å². The summed E-state index contributed by atoms with van der Waals surface area (Å²) in [5.41, 5.74) is 1.72. The second kappa shape index (κ2) is 8.07. The van der Waals surface area contributed by atoms with Crippen LogP contribution in [0.1, 0.15) is 32.4 Å². The number of carbonyl (C=O) groups excluding carboxylic acids is 1. The number of hydrogen-bond donors (Lipinski definition) is 0. The van der Waals surface area contributed by atoms with Crippen LogP contribution in [0.4, 0.5) is 5.13 Å². The third-order valence-corrected chi connectivity index (χ3v) is 4.74. The second-order valence-corrected chi connectivity index (χ2v) is 6.62. The van der Waals surface area contributed by atoms with Crippen LogP contribution in [0.3, 0.4) is 0 Å². The van der Waals surface area contributed by atoms with Crippen molar-refractivity contribution in [2.24, 2.45) is 0 Å². The predicted octanol–water partition coefficient (Wildman–Crippen LogP) is 4.42. The van der Waals surface area contributed by atoms with E-state index in [4.69, 9.17) is 4.74 Å². The van der Waals surface area contributed by atoms with Gasteiger partial charge in [0.25, 0.3) is 0 Å². The molecule has 5 nitrogen and oxygen atoms in total. The summed E-state index contributed by atoms with van der Waals surface area (Å²) in [6.07, 6.45) is 3.04. The van der Waals surface area contributed by atoms with Crippen LogP contribution >= 0.6 is 11.3 Å². The van der Waals surface area contributed by atoms with Crippen molar-refractivity contribution in [3.05, 3.63) is 48.3 Å². The quantitative estimate of drug-likeness (QED) is 0.629. The van der Waals surface area contributed by atoms with E-state index in [9.17, 15) is 4.79 Å². The number of hydrogen-bond acceptors (Lipinski definition) is 5. The molecule has 25 heavy (non-hydrogen) atoms. The summed E-state index contributed by atoms with van der Waals surface area (Å²) in [7, 11) is 0. The summed E-state index contributed by atoms with van der Waals surface area (Å²) in [6, 6.07) is 11.5. The fraction of sp³-hybridized carbons (Fsp3) is 0.316. The van der Waals surface area contributed by atoms with Crippen LogP contribution in [0.15, 0.2) is 42.6 Å². The molecule has 0 aliphatic rings. The molecule has 3 rings (SSSR count). The Morgan fingerprint density at radius 3 is 2.84 bits per heavy atom. The van der Waals surface area contributed by atoms with E-state index in [-0.39, 0.29) is 5.91 Å². The lowest BCUT2D eigenvalue weighted by atomic mass is 10.3. The molecule has 130 valence electrons. The fourth-order valence-corrected chi connectivity index (χ4v) is 3.54. The minimum absolute atomic E-state index is 0.0669. The van der Waals surface area contributed by atoms with E-state index in [0.717, 1.165) is 28.1 Å². The van der Waals surface area contributed by atoms with E-state index in [1.54, 1.807) is 11.1 Å². The predicted molar refractivity (Wildman–Crippen MR) is 101 cm³/mol. The first-order chi connectivity index (χ1) is 12.2. The summed E-state index contributed by atoms with van der Waals surface area (Å²) in [5.74, 6) is 0.888. The van der Waals surface area contributed by atoms with Gasteiger partial charge < -0.3 is 4.74 Å². The Labute approximate surface area is 151 Å². The first kappa shape index (κ1) is 17.4. The van der Waals surface area contributed by atoms with Crippen molar-refractivity contribution >= 4 is 32.6 Å². The maximum absolute atomic E-state index is 12.6. The summed E-state index contributed by atoms with van der Waals surface area (Å²) >= 11 is 1.51. The number of anilines is 1. The van der Waals surface area contributed by atoms with Gasteiger partial charge in [0.1, 0.15) is 5.75 Å². The number of rotatable bonds is 7. The number of amides is 1. The highest BCUT2D eigenvalue weighted by Crippen LogP contribution is 2.32. The van der Waals surface area contributed by atoms with Gasteiger partial charge in [-0.05, 0) is 43.7 Å². The van der Waals surface area contributed by atoms with Crippen LogP contribution in [-0.2, 0) is 11.3 Å². The minimum atomic E-state index is 0.0669. The van der Waals surface area contributed by atoms with Crippen LogP contribution in [0, 0.1) is 0 Å². The summed E-state index contributed by atoms with van der Waals surface area (Å²) in [5, 5.41) is 0.702. The Morgan fingerprint density at radius 2 is 2.12 bits per heavy atom. The lowest BCUT2D eigenvalue weighted by molar-refractivity contribution is -0.118. The molecule has 1 aromatic carbocycles. The number of fused-ring (bicyclic) bond motifs is 1. The molecule has 3 aromatic rings. The molecule has 0 fully saturated rings. The van der Waals surface area contributed by atoms with Gasteiger partial charge in [-0.1, -0.05) is 24.3 Å². The van der Waals surface area contributed by atoms with E-state index >= 15 is 0 Å². The first-order valence-electron chi connectivity index (χ1n) is 8.45. The number of benzene rings is 1. The van der Waals surface area contributed by atoms with Gasteiger partial charge >= 0.3 is 0 Å². The molecule has 0 unspecified atom stereocenters. The molecular formula is C19H21N3O2S. The van der Waals surface area contributed by atoms with Gasteiger partial charge in [-0.2, -0.15) is 0 Å². The molecule has 0 bridgehead atoms. The number of aromatic nitrogens is 2. The average molecular weight is 355 g/mol. The Hall–Kier alpha value is -2.47. The minimum Gasteiger partial charge on any atom is -0.494 e. The van der Waals surface area contributed by atoms with Crippen molar-refractivity contribution in [3.63, 3.8) is 0 Å². The highest BCUT2D eigenvalue weighted by atomic mass is 32.1. The zero-order valence-electron chi connectivity index (χ0n) is 14.4. The molecule has 0 N–H and O–H groups in total. The van der Waals surface area contributed by atoms with Gasteiger partial charge in [0.05, 0.1) is 29.1 Å². The van der Waals surface area contributed by atoms with E-state index in [1.165, 1.54) is 11.3 Å². The average Bonchev–Trinajstić information content (AvgIpc) is 3.04. The molecule has 2 aromatic heterocycles. The van der Waals surface area contributed by atoms with Crippen LogP contribution in [0.5, 0.6) is 5.75 Å². The van der Waals surface area contributed by atoms with Gasteiger partial charge in [-0.25, -0.2) is 4.98 Å². The Kier molecular flexibility index (Phi) is 5.60. The molecular weight excluding hydrogens is 334 g/mol. The number of nitrogens with zero attached hydrogens (tertiary/aromatic N) is 3. The lowest BCUT2D eigenvalue weighted by Gasteiger charge is -2.19. The van der Waals surface area contributed by atoms with Crippen LogP contribution in [0.2, 0.25) is 0 Å². The maximum atomic E-state index is 12.6. The Balaban J connectivity index is 1.94. The molecule has 0 saturated heterocycles. The summed E-state index contributed by atoms with van der Waals surface area (Å²) < 4.78 is 6.56. The topological polar surface area (TPSA) is 55.3 Å². The molecule has 2 heterocycles. The van der Waals surface area contributed by atoms with Crippen molar-refractivity contribution in [2.45, 2.75) is 33.2 Å². The van der Waals surface area contributed by atoms with E-state index < -0.39 is 0 Å².